The second-order valence-corrected chi connectivity index (χ2v) is 9.29. The third kappa shape index (κ3) is 4.20. The molecule has 0 aromatic heterocycles. The molecule has 1 atom stereocenters. The molecule has 9 heteroatoms. The van der Waals surface area contributed by atoms with Crippen LogP contribution in [0, 0.1) is 0 Å². The summed E-state index contributed by atoms with van der Waals surface area (Å²) in [7, 11) is -0.987. The number of amidine groups is 1. The number of rotatable bonds is 6. The van der Waals surface area contributed by atoms with Gasteiger partial charge >= 0.3 is 0 Å². The fourth-order valence-electron chi connectivity index (χ4n) is 3.02. The summed E-state index contributed by atoms with van der Waals surface area (Å²) in [4.78, 5) is 4.58. The van der Waals surface area contributed by atoms with Crippen LogP contribution in [-0.4, -0.2) is 33.6 Å². The zero-order valence-corrected chi connectivity index (χ0v) is 17.6. The maximum atomic E-state index is 13.0. The van der Waals surface area contributed by atoms with Crippen LogP contribution in [0.15, 0.2) is 52.4 Å². The van der Waals surface area contributed by atoms with Gasteiger partial charge in [-0.3, -0.25) is 9.71 Å². The van der Waals surface area contributed by atoms with Gasteiger partial charge in [-0.05, 0) is 43.2 Å². The Morgan fingerprint density at radius 1 is 1.18 bits per heavy atom. The second kappa shape index (κ2) is 7.92. The van der Waals surface area contributed by atoms with Gasteiger partial charge in [-0.1, -0.05) is 23.9 Å². The van der Waals surface area contributed by atoms with E-state index in [1.54, 1.807) is 30.3 Å². The Bertz CT molecular complexity index is 1010. The van der Waals surface area contributed by atoms with Crippen LogP contribution in [0.3, 0.4) is 0 Å². The third-order valence-electron chi connectivity index (χ3n) is 4.59. The Balaban J connectivity index is 1.95. The molecular weight excluding hydrogens is 398 g/mol. The van der Waals surface area contributed by atoms with Crippen molar-refractivity contribution in [1.29, 1.82) is 0 Å². The van der Waals surface area contributed by atoms with Gasteiger partial charge < -0.3 is 15.2 Å². The van der Waals surface area contributed by atoms with Crippen LogP contribution in [0.2, 0.25) is 0 Å². The topological polar surface area (TPSA) is 103 Å². The summed E-state index contributed by atoms with van der Waals surface area (Å²) in [5, 5.41) is 0.542. The van der Waals surface area contributed by atoms with Gasteiger partial charge in [-0.25, -0.2) is 8.42 Å². The number of aliphatic imine (C=N–C) groups is 1. The van der Waals surface area contributed by atoms with Crippen LogP contribution in [-0.2, 0) is 15.6 Å². The number of ether oxygens (including phenoxy) is 2. The monoisotopic (exact) mass is 421 g/mol. The molecule has 28 heavy (non-hydrogen) atoms. The van der Waals surface area contributed by atoms with Crippen molar-refractivity contribution < 1.29 is 17.9 Å². The molecular formula is C19H23N3O4S2. The number of hydrogen-bond donors (Lipinski definition) is 2. The minimum Gasteiger partial charge on any atom is -0.497 e. The van der Waals surface area contributed by atoms with E-state index in [9.17, 15) is 8.42 Å². The molecule has 0 radical (unpaired) electrons. The van der Waals surface area contributed by atoms with Gasteiger partial charge in [0.1, 0.15) is 16.4 Å². The lowest BCUT2D eigenvalue weighted by Gasteiger charge is -2.30. The maximum absolute atomic E-state index is 13.0. The minimum absolute atomic E-state index is 0.00213. The zero-order chi connectivity index (χ0) is 20.4. The molecule has 7 nitrogen and oxygen atoms in total. The largest absolute Gasteiger partial charge is 0.497 e. The van der Waals surface area contributed by atoms with Gasteiger partial charge in [0.15, 0.2) is 5.17 Å². The van der Waals surface area contributed by atoms with Gasteiger partial charge in [0.05, 0.1) is 19.8 Å². The van der Waals surface area contributed by atoms with E-state index in [1.807, 2.05) is 13.0 Å². The SMILES string of the molecule is COc1ccc(OC)c(S(=O)(=O)Nc2cccc(C3(C)CCSC(N)=N3)c2)c1. The molecule has 0 spiro atoms. The van der Waals surface area contributed by atoms with Crippen molar-refractivity contribution in [1.82, 2.24) is 0 Å². The average molecular weight is 422 g/mol. The number of nitrogens with one attached hydrogen (secondary N) is 1. The Labute approximate surface area is 169 Å². The number of benzene rings is 2. The number of anilines is 1. The zero-order valence-electron chi connectivity index (χ0n) is 15.9. The summed E-state index contributed by atoms with van der Waals surface area (Å²) in [6.45, 7) is 2.00. The summed E-state index contributed by atoms with van der Waals surface area (Å²) in [6, 6.07) is 11.8. The molecule has 0 fully saturated rings. The Kier molecular flexibility index (Phi) is 5.76. The minimum atomic E-state index is -3.89. The van der Waals surface area contributed by atoms with E-state index in [0.717, 1.165) is 17.7 Å². The summed E-state index contributed by atoms with van der Waals surface area (Å²) in [5.74, 6) is 1.52. The van der Waals surface area contributed by atoms with Crippen molar-refractivity contribution in [2.24, 2.45) is 10.7 Å². The quantitative estimate of drug-likeness (QED) is 0.743. The van der Waals surface area contributed by atoms with Crippen molar-refractivity contribution in [2.75, 3.05) is 24.7 Å². The fourth-order valence-corrected chi connectivity index (χ4v) is 5.23. The Hall–Kier alpha value is -2.39. The molecule has 1 unspecified atom stereocenters. The standard InChI is InChI=1S/C19H23N3O4S2/c1-19(9-10-27-18(20)21-19)13-5-4-6-14(11-13)22-28(23,24)17-12-15(25-2)7-8-16(17)26-3/h4-8,11-12,22H,9-10H2,1-3H3,(H2,20,21). The number of hydrogen-bond acceptors (Lipinski definition) is 7. The first-order chi connectivity index (χ1) is 13.3. The molecule has 0 saturated heterocycles. The molecule has 0 amide bonds. The number of thioether (sulfide) groups is 1. The van der Waals surface area contributed by atoms with Crippen LogP contribution >= 0.6 is 11.8 Å². The lowest BCUT2D eigenvalue weighted by Crippen LogP contribution is -2.28. The van der Waals surface area contributed by atoms with E-state index >= 15 is 0 Å². The van der Waals surface area contributed by atoms with Gasteiger partial charge in [0.25, 0.3) is 10.0 Å². The van der Waals surface area contributed by atoms with Gasteiger partial charge in [0.2, 0.25) is 0 Å². The first-order valence-electron chi connectivity index (χ1n) is 8.61. The van der Waals surface area contributed by atoms with E-state index < -0.39 is 15.6 Å². The maximum Gasteiger partial charge on any atom is 0.265 e. The highest BCUT2D eigenvalue weighted by Gasteiger charge is 2.30. The molecule has 0 saturated carbocycles. The van der Waals surface area contributed by atoms with E-state index in [-0.39, 0.29) is 10.6 Å². The highest BCUT2D eigenvalue weighted by atomic mass is 32.2. The van der Waals surface area contributed by atoms with E-state index in [4.69, 9.17) is 15.2 Å². The predicted octanol–water partition coefficient (Wildman–Crippen LogP) is 3.17. The van der Waals surface area contributed by atoms with Crippen LogP contribution in [0.4, 0.5) is 5.69 Å². The average Bonchev–Trinajstić information content (AvgIpc) is 2.67. The molecule has 1 aliphatic heterocycles. The van der Waals surface area contributed by atoms with E-state index in [0.29, 0.717) is 16.6 Å². The summed E-state index contributed by atoms with van der Waals surface area (Å²) in [6.07, 6.45) is 0.818. The first-order valence-corrected chi connectivity index (χ1v) is 11.1. The molecule has 3 rings (SSSR count). The predicted molar refractivity (Wildman–Crippen MR) is 113 cm³/mol. The molecule has 0 bridgehead atoms. The smallest absolute Gasteiger partial charge is 0.265 e. The molecule has 1 aliphatic rings. The van der Waals surface area contributed by atoms with E-state index in [2.05, 4.69) is 9.71 Å². The molecule has 150 valence electrons. The summed E-state index contributed by atoms with van der Waals surface area (Å²) in [5.41, 5.74) is 6.75. The van der Waals surface area contributed by atoms with Crippen molar-refractivity contribution in [3.8, 4) is 11.5 Å². The molecule has 0 aliphatic carbocycles. The van der Waals surface area contributed by atoms with Crippen molar-refractivity contribution in [2.45, 2.75) is 23.8 Å². The highest BCUT2D eigenvalue weighted by molar-refractivity contribution is 8.13. The van der Waals surface area contributed by atoms with Gasteiger partial charge in [0, 0.05) is 17.5 Å². The van der Waals surface area contributed by atoms with Crippen molar-refractivity contribution in [3.63, 3.8) is 0 Å². The normalized spacial score (nSPS) is 19.6. The fraction of sp³-hybridized carbons (Fsp3) is 0.316. The second-order valence-electron chi connectivity index (χ2n) is 6.53. The lowest BCUT2D eigenvalue weighted by molar-refractivity contribution is 0.392. The molecule has 1 heterocycles. The molecule has 2 aromatic rings. The van der Waals surface area contributed by atoms with Crippen LogP contribution in [0.25, 0.3) is 0 Å². The Morgan fingerprint density at radius 3 is 2.64 bits per heavy atom. The van der Waals surface area contributed by atoms with Crippen LogP contribution in [0.1, 0.15) is 18.9 Å². The number of nitrogens with zero attached hydrogens (tertiary/aromatic N) is 1. The number of nitrogens with two attached hydrogens (primary N) is 1. The highest BCUT2D eigenvalue weighted by Crippen LogP contribution is 2.36. The van der Waals surface area contributed by atoms with E-state index in [1.165, 1.54) is 32.0 Å². The Morgan fingerprint density at radius 2 is 1.96 bits per heavy atom. The van der Waals surface area contributed by atoms with Crippen LogP contribution in [0.5, 0.6) is 11.5 Å². The number of sulfonamides is 1. The van der Waals surface area contributed by atoms with Gasteiger partial charge in [-0.15, -0.1) is 0 Å². The van der Waals surface area contributed by atoms with Crippen LogP contribution < -0.4 is 19.9 Å². The molecule has 2 aromatic carbocycles. The lowest BCUT2D eigenvalue weighted by atomic mass is 9.89. The molecule has 3 N–H and O–H groups in total. The first kappa shape index (κ1) is 20.3. The van der Waals surface area contributed by atoms with Gasteiger partial charge in [-0.2, -0.15) is 0 Å². The number of methoxy groups -OCH3 is 2. The summed E-state index contributed by atoms with van der Waals surface area (Å²) >= 11 is 1.52. The third-order valence-corrected chi connectivity index (χ3v) is 6.79. The summed E-state index contributed by atoms with van der Waals surface area (Å²) < 4.78 is 38.9. The van der Waals surface area contributed by atoms with Crippen molar-refractivity contribution in [3.05, 3.63) is 48.0 Å². The van der Waals surface area contributed by atoms with Crippen molar-refractivity contribution >= 4 is 32.6 Å².